The number of hydrogen-bond donors (Lipinski definition) is 4. The van der Waals surface area contributed by atoms with E-state index in [1.807, 2.05) is 0 Å². The first-order chi connectivity index (χ1) is 22.9. The Morgan fingerprint density at radius 3 is 2.16 bits per heavy atom. The summed E-state index contributed by atoms with van der Waals surface area (Å²) in [5.74, 6) is -2.96. The molecule has 6 rings (SSSR count). The third-order valence-corrected chi connectivity index (χ3v) is 15.1. The number of rotatable bonds is 12. The van der Waals surface area contributed by atoms with Gasteiger partial charge in [0.25, 0.3) is 5.91 Å². The van der Waals surface area contributed by atoms with E-state index in [4.69, 9.17) is 23.2 Å². The lowest BCUT2D eigenvalue weighted by atomic mass is 9.78. The smallest absolute Gasteiger partial charge is 0.315 e. The summed E-state index contributed by atoms with van der Waals surface area (Å²) in [6, 6.07) is -3.90. The lowest BCUT2D eigenvalue weighted by molar-refractivity contribution is -0.144. The molecule has 12 nitrogen and oxygen atoms in total. The number of carbonyl (C=O) groups is 5. The summed E-state index contributed by atoms with van der Waals surface area (Å²) >= 11 is 13.2. The fourth-order valence-electron chi connectivity index (χ4n) is 8.44. The molecule has 0 unspecified atom stereocenters. The molecule has 6 atom stereocenters. The molecular weight excluding hydrogens is 693 g/mol. The third-order valence-electron chi connectivity index (χ3n) is 11.7. The van der Waals surface area contributed by atoms with E-state index in [2.05, 4.69) is 21.3 Å². The van der Waals surface area contributed by atoms with Crippen LogP contribution in [-0.2, 0) is 29.0 Å². The van der Waals surface area contributed by atoms with Crippen LogP contribution < -0.4 is 21.3 Å². The quantitative estimate of drug-likeness (QED) is 0.176. The van der Waals surface area contributed by atoms with Gasteiger partial charge in [0.2, 0.25) is 17.6 Å². The number of hydrogen-bond acceptors (Lipinski definition) is 7. The van der Waals surface area contributed by atoms with Gasteiger partial charge in [-0.15, -0.1) is 23.2 Å². The molecule has 0 aromatic heterocycles. The van der Waals surface area contributed by atoms with Crippen molar-refractivity contribution in [2.75, 3.05) is 12.3 Å². The van der Waals surface area contributed by atoms with Crippen molar-refractivity contribution < 1.29 is 32.4 Å². The second-order valence-corrected chi connectivity index (χ2v) is 20.3. The van der Waals surface area contributed by atoms with E-state index in [1.54, 1.807) is 20.8 Å². The van der Waals surface area contributed by atoms with Crippen molar-refractivity contribution in [3.8, 4) is 0 Å². The molecule has 0 spiro atoms. The van der Waals surface area contributed by atoms with Gasteiger partial charge in [0, 0.05) is 24.4 Å². The average molecular weight is 745 g/mol. The number of piperidine rings is 1. The maximum atomic E-state index is 14.4. The van der Waals surface area contributed by atoms with Crippen molar-refractivity contribution in [3.05, 3.63) is 0 Å². The van der Waals surface area contributed by atoms with Gasteiger partial charge >= 0.3 is 6.03 Å². The molecule has 0 aromatic carbocycles. The molecular formula is C34H51Cl2N5O7S. The lowest BCUT2D eigenvalue weighted by Gasteiger charge is -2.43. The van der Waals surface area contributed by atoms with Gasteiger partial charge in [-0.3, -0.25) is 19.2 Å². The molecule has 0 bridgehead atoms. The third kappa shape index (κ3) is 7.73. The maximum absolute atomic E-state index is 14.4. The average Bonchev–Trinajstić information content (AvgIpc) is 3.98. The molecule has 5 amide bonds. The number of nitrogens with one attached hydrogen (secondary N) is 4. The van der Waals surface area contributed by atoms with Crippen molar-refractivity contribution in [3.63, 3.8) is 0 Å². The van der Waals surface area contributed by atoms with E-state index in [9.17, 15) is 32.4 Å². The fourth-order valence-corrected chi connectivity index (χ4v) is 11.6. The number of Topliss-reactive ketones (excluding diaryl/α,β-unsaturated/α-hetero) is 1. The number of carbonyl (C=O) groups excluding carboxylic acids is 5. The Hall–Kier alpha value is -2.12. The number of fused-ring (bicyclic) bond motifs is 1. The van der Waals surface area contributed by atoms with Gasteiger partial charge in [0.1, 0.15) is 16.4 Å². The van der Waals surface area contributed by atoms with Gasteiger partial charge < -0.3 is 26.2 Å². The highest BCUT2D eigenvalue weighted by molar-refractivity contribution is 7.92. The zero-order valence-electron chi connectivity index (χ0n) is 28.7. The highest BCUT2D eigenvalue weighted by Crippen LogP contribution is 2.65. The zero-order chi connectivity index (χ0) is 35.5. The molecule has 274 valence electrons. The molecule has 4 aliphatic carbocycles. The number of amides is 5. The molecule has 49 heavy (non-hydrogen) atoms. The molecule has 6 aliphatic rings. The van der Waals surface area contributed by atoms with Crippen LogP contribution in [0.25, 0.3) is 0 Å². The SMILES string of the molecule is CC(C)(C)[C@H](NC(=O)NC1([C@@H]2CCCS2(=O)=O)CCCCC1)C(=O)N1C[C@H]2[C@@H]([C@H]1C(=O)N[C@H](CCC1CC1)C(=O)C(=O)NC1CC1)C2(Cl)Cl. The van der Waals surface area contributed by atoms with Crippen LogP contribution in [0.4, 0.5) is 4.79 Å². The predicted molar refractivity (Wildman–Crippen MR) is 185 cm³/mol. The molecule has 6 fully saturated rings. The van der Waals surface area contributed by atoms with Crippen LogP contribution >= 0.6 is 23.2 Å². The van der Waals surface area contributed by atoms with Crippen molar-refractivity contribution in [2.45, 2.75) is 144 Å². The minimum absolute atomic E-state index is 0.0193. The molecule has 0 aromatic rings. The number of ketones is 1. The number of alkyl halides is 2. The first kappa shape index (κ1) is 36.7. The summed E-state index contributed by atoms with van der Waals surface area (Å²) in [5.41, 5.74) is -1.71. The van der Waals surface area contributed by atoms with E-state index in [-0.39, 0.29) is 24.3 Å². The van der Waals surface area contributed by atoms with Gasteiger partial charge in [-0.25, -0.2) is 13.2 Å². The topological polar surface area (TPSA) is 171 Å². The largest absolute Gasteiger partial charge is 0.347 e. The Bertz CT molecular complexity index is 1470. The normalized spacial score (nSPS) is 30.8. The first-order valence-corrected chi connectivity index (χ1v) is 20.6. The summed E-state index contributed by atoms with van der Waals surface area (Å²) < 4.78 is 24.9. The van der Waals surface area contributed by atoms with E-state index in [1.165, 1.54) is 4.90 Å². The Morgan fingerprint density at radius 2 is 1.59 bits per heavy atom. The Labute approximate surface area is 299 Å². The molecule has 4 saturated carbocycles. The zero-order valence-corrected chi connectivity index (χ0v) is 31.0. The minimum Gasteiger partial charge on any atom is -0.347 e. The monoisotopic (exact) mass is 743 g/mol. The highest BCUT2D eigenvalue weighted by Gasteiger charge is 2.74. The first-order valence-electron chi connectivity index (χ1n) is 18.1. The van der Waals surface area contributed by atoms with Gasteiger partial charge in [-0.05, 0) is 62.7 Å². The number of sulfone groups is 1. The Kier molecular flexibility index (Phi) is 10.1. The summed E-state index contributed by atoms with van der Waals surface area (Å²) in [7, 11) is -3.37. The van der Waals surface area contributed by atoms with Gasteiger partial charge in [0.05, 0.1) is 22.6 Å². The van der Waals surface area contributed by atoms with Crippen LogP contribution in [0.2, 0.25) is 0 Å². The summed E-state index contributed by atoms with van der Waals surface area (Å²) in [6.45, 7) is 5.49. The van der Waals surface area contributed by atoms with Gasteiger partial charge in [-0.1, -0.05) is 52.9 Å². The van der Waals surface area contributed by atoms with Gasteiger partial charge in [-0.2, -0.15) is 0 Å². The van der Waals surface area contributed by atoms with Crippen molar-refractivity contribution in [2.24, 2.45) is 23.2 Å². The summed E-state index contributed by atoms with van der Waals surface area (Å²) in [5, 5.41) is 10.7. The van der Waals surface area contributed by atoms with E-state index in [0.29, 0.717) is 44.4 Å². The second kappa shape index (κ2) is 13.5. The van der Waals surface area contributed by atoms with Crippen molar-refractivity contribution >= 4 is 62.6 Å². The highest BCUT2D eigenvalue weighted by atomic mass is 35.5. The lowest BCUT2D eigenvalue weighted by Crippen LogP contribution is -2.65. The number of nitrogens with zero attached hydrogens (tertiary/aromatic N) is 1. The van der Waals surface area contributed by atoms with Gasteiger partial charge in [0.15, 0.2) is 9.84 Å². The van der Waals surface area contributed by atoms with E-state index < -0.39 is 84.0 Å². The maximum Gasteiger partial charge on any atom is 0.315 e. The molecule has 2 heterocycles. The van der Waals surface area contributed by atoms with E-state index in [0.717, 1.165) is 44.9 Å². The Morgan fingerprint density at radius 1 is 0.918 bits per heavy atom. The van der Waals surface area contributed by atoms with Crippen LogP contribution in [0.1, 0.15) is 104 Å². The van der Waals surface area contributed by atoms with Crippen LogP contribution in [0.15, 0.2) is 0 Å². The molecule has 2 aliphatic heterocycles. The number of likely N-dealkylation sites (tertiary alicyclic amines) is 1. The molecule has 4 N–H and O–H groups in total. The van der Waals surface area contributed by atoms with Crippen molar-refractivity contribution in [1.29, 1.82) is 0 Å². The summed E-state index contributed by atoms with van der Waals surface area (Å²) in [4.78, 5) is 69.6. The fraction of sp³-hybridized carbons (Fsp3) is 0.853. The van der Waals surface area contributed by atoms with Crippen LogP contribution in [0.5, 0.6) is 0 Å². The molecule has 2 saturated heterocycles. The second-order valence-electron chi connectivity index (χ2n) is 16.5. The van der Waals surface area contributed by atoms with E-state index >= 15 is 0 Å². The predicted octanol–water partition coefficient (Wildman–Crippen LogP) is 3.13. The molecule has 15 heteroatoms. The Balaban J connectivity index is 1.19. The standard InChI is InChI=1S/C34H51Cl2N5O7S/c1-32(2,3)27(39-31(46)40-33(15-5-4-6-16-33)23-8-7-17-49(23,47)48)30(45)41-18-21-24(34(21,35)36)25(41)28(43)38-22(14-11-19-9-10-19)26(42)29(44)37-20-12-13-20/h19-25,27H,4-18H2,1-3H3,(H,37,44)(H,38,43)(H2,39,40,46)/t21-,22+,23-,24-,25-,27+/m0/s1. The van der Waals surface area contributed by atoms with Crippen LogP contribution in [-0.4, -0.2) is 94.4 Å². The number of halogens is 2. The number of urea groups is 1. The van der Waals surface area contributed by atoms with Crippen molar-refractivity contribution in [1.82, 2.24) is 26.2 Å². The summed E-state index contributed by atoms with van der Waals surface area (Å²) in [6.07, 6.45) is 9.41. The molecule has 0 radical (unpaired) electrons. The van der Waals surface area contributed by atoms with Crippen LogP contribution in [0.3, 0.4) is 0 Å². The minimum atomic E-state index is -3.37. The van der Waals surface area contributed by atoms with Crippen LogP contribution in [0, 0.1) is 23.2 Å².